The first-order valence-corrected chi connectivity index (χ1v) is 12.8. The molecule has 2 aromatic carbocycles. The average Bonchev–Trinajstić information content (AvgIpc) is 2.88. The van der Waals surface area contributed by atoms with Gasteiger partial charge in [0.25, 0.3) is 0 Å². The van der Waals surface area contributed by atoms with Crippen molar-refractivity contribution in [2.24, 2.45) is 5.41 Å². The molecule has 184 valence electrons. The zero-order valence-electron chi connectivity index (χ0n) is 20.7. The minimum Gasteiger partial charge on any atom is -0.364 e. The second kappa shape index (κ2) is 9.46. The van der Waals surface area contributed by atoms with Crippen molar-refractivity contribution in [1.29, 1.82) is 0 Å². The molecule has 4 amide bonds. The van der Waals surface area contributed by atoms with Crippen LogP contribution in [0.15, 0.2) is 54.6 Å². The molecule has 35 heavy (non-hydrogen) atoms. The van der Waals surface area contributed by atoms with Crippen LogP contribution in [0.3, 0.4) is 0 Å². The molecule has 5 rings (SSSR count). The Balaban J connectivity index is 1.59. The molecule has 2 aromatic rings. The van der Waals surface area contributed by atoms with Crippen LogP contribution in [0.25, 0.3) is 0 Å². The van der Waals surface area contributed by atoms with E-state index in [9.17, 15) is 14.4 Å². The second-order valence-corrected chi connectivity index (χ2v) is 9.90. The van der Waals surface area contributed by atoms with Gasteiger partial charge >= 0.3 is 6.03 Å². The number of urea groups is 1. The van der Waals surface area contributed by atoms with Crippen molar-refractivity contribution in [1.82, 2.24) is 14.7 Å². The minimum absolute atomic E-state index is 0.326. The number of fused-ring (bicyclic) bond motifs is 4. The van der Waals surface area contributed by atoms with Gasteiger partial charge in [0.2, 0.25) is 11.8 Å². The number of piperazine rings is 1. The van der Waals surface area contributed by atoms with Gasteiger partial charge in [-0.1, -0.05) is 62.4 Å². The largest absolute Gasteiger partial charge is 0.364 e. The maximum absolute atomic E-state index is 14.2. The Morgan fingerprint density at radius 3 is 2.11 bits per heavy atom. The number of benzene rings is 2. The maximum Gasteiger partial charge on any atom is 0.333 e. The van der Waals surface area contributed by atoms with Crippen molar-refractivity contribution in [2.45, 2.75) is 45.7 Å². The second-order valence-electron chi connectivity index (χ2n) is 9.90. The van der Waals surface area contributed by atoms with E-state index in [0.717, 1.165) is 30.9 Å². The summed E-state index contributed by atoms with van der Waals surface area (Å²) in [7, 11) is 0. The van der Waals surface area contributed by atoms with Crippen molar-refractivity contribution in [3.05, 3.63) is 65.7 Å². The van der Waals surface area contributed by atoms with E-state index < -0.39 is 11.4 Å². The van der Waals surface area contributed by atoms with E-state index >= 15 is 0 Å². The SMILES string of the molecule is CCCN1C(=O)N(CCC)C(=O)C2(Cc3ccccc3N3CCN(Cc4ccccc4)C[C@H]32)C1=O. The number of amides is 4. The van der Waals surface area contributed by atoms with E-state index in [1.807, 2.05) is 50.2 Å². The zero-order valence-corrected chi connectivity index (χ0v) is 20.7. The summed E-state index contributed by atoms with van der Waals surface area (Å²) >= 11 is 0. The van der Waals surface area contributed by atoms with Crippen molar-refractivity contribution in [2.75, 3.05) is 37.6 Å². The predicted molar refractivity (Wildman–Crippen MR) is 135 cm³/mol. The third-order valence-corrected chi connectivity index (χ3v) is 7.66. The monoisotopic (exact) mass is 474 g/mol. The highest BCUT2D eigenvalue weighted by molar-refractivity contribution is 6.20. The van der Waals surface area contributed by atoms with Crippen LogP contribution in [0.5, 0.6) is 0 Å². The van der Waals surface area contributed by atoms with Crippen LogP contribution in [-0.4, -0.2) is 71.3 Å². The van der Waals surface area contributed by atoms with E-state index in [1.54, 1.807) is 0 Å². The average molecular weight is 475 g/mol. The summed E-state index contributed by atoms with van der Waals surface area (Å²) in [4.78, 5) is 49.0. The van der Waals surface area contributed by atoms with Gasteiger partial charge in [0.1, 0.15) is 0 Å². The number of hydrogen-bond acceptors (Lipinski definition) is 5. The molecule has 3 aliphatic heterocycles. The van der Waals surface area contributed by atoms with E-state index in [2.05, 4.69) is 28.0 Å². The van der Waals surface area contributed by atoms with Crippen molar-refractivity contribution < 1.29 is 14.4 Å². The Morgan fingerprint density at radius 2 is 1.46 bits per heavy atom. The first-order valence-electron chi connectivity index (χ1n) is 12.8. The molecule has 0 aliphatic carbocycles. The van der Waals surface area contributed by atoms with E-state index in [0.29, 0.717) is 38.9 Å². The van der Waals surface area contributed by atoms with Crippen molar-refractivity contribution in [3.63, 3.8) is 0 Å². The zero-order chi connectivity index (χ0) is 24.6. The Hall–Kier alpha value is -3.19. The summed E-state index contributed by atoms with van der Waals surface area (Å²) in [5.41, 5.74) is 2.01. The van der Waals surface area contributed by atoms with Crippen LogP contribution in [0.4, 0.5) is 10.5 Å². The third kappa shape index (κ3) is 3.82. The van der Waals surface area contributed by atoms with Crippen LogP contribution in [0.2, 0.25) is 0 Å². The number of rotatable bonds is 6. The van der Waals surface area contributed by atoms with Gasteiger partial charge in [0.05, 0.1) is 6.04 Å². The minimum atomic E-state index is -1.30. The highest BCUT2D eigenvalue weighted by Crippen LogP contribution is 2.47. The van der Waals surface area contributed by atoms with E-state index in [-0.39, 0.29) is 17.9 Å². The number of anilines is 1. The van der Waals surface area contributed by atoms with E-state index in [4.69, 9.17) is 0 Å². The van der Waals surface area contributed by atoms with Gasteiger partial charge in [-0.3, -0.25) is 24.3 Å². The summed E-state index contributed by atoms with van der Waals surface area (Å²) in [5, 5.41) is 0. The standard InChI is InChI=1S/C28H34N4O3/c1-3-14-31-25(33)28(26(34)32(15-4-2)27(31)35)18-22-12-8-9-13-23(22)30-17-16-29(20-24(28)30)19-21-10-6-5-7-11-21/h5-13,24H,3-4,14-20H2,1-2H3/t24-/m0/s1. The van der Waals surface area contributed by atoms with Crippen LogP contribution in [0.1, 0.15) is 37.8 Å². The fourth-order valence-corrected chi connectivity index (χ4v) is 6.06. The molecule has 1 atom stereocenters. The molecule has 1 spiro atoms. The van der Waals surface area contributed by atoms with E-state index in [1.165, 1.54) is 15.4 Å². The molecule has 7 nitrogen and oxygen atoms in total. The van der Waals surface area contributed by atoms with Crippen LogP contribution < -0.4 is 4.90 Å². The van der Waals surface area contributed by atoms with Gasteiger partial charge in [-0.2, -0.15) is 0 Å². The maximum atomic E-state index is 14.2. The Labute approximate surface area is 207 Å². The summed E-state index contributed by atoms with van der Waals surface area (Å²) in [5.74, 6) is -0.652. The Bertz CT molecular complexity index is 1090. The molecule has 0 radical (unpaired) electrons. The lowest BCUT2D eigenvalue weighted by Crippen LogP contribution is -2.75. The first kappa shape index (κ1) is 23.5. The predicted octanol–water partition coefficient (Wildman–Crippen LogP) is 3.53. The molecular formula is C28H34N4O3. The first-order chi connectivity index (χ1) is 17.0. The molecule has 0 bridgehead atoms. The molecule has 0 unspecified atom stereocenters. The Kier molecular flexibility index (Phi) is 6.36. The highest BCUT2D eigenvalue weighted by Gasteiger charge is 2.64. The summed E-state index contributed by atoms with van der Waals surface area (Å²) in [6.07, 6.45) is 1.65. The van der Waals surface area contributed by atoms with Gasteiger partial charge in [-0.25, -0.2) is 4.79 Å². The van der Waals surface area contributed by atoms with Crippen LogP contribution in [-0.2, 0) is 22.6 Å². The molecule has 2 fully saturated rings. The molecule has 3 aliphatic rings. The number of nitrogens with zero attached hydrogens (tertiary/aromatic N) is 4. The topological polar surface area (TPSA) is 64.2 Å². The number of hydrogen-bond donors (Lipinski definition) is 0. The fourth-order valence-electron chi connectivity index (χ4n) is 6.06. The van der Waals surface area contributed by atoms with Gasteiger partial charge in [0, 0.05) is 45.0 Å². The molecule has 7 heteroatoms. The number of carbonyl (C=O) groups is 3. The quantitative estimate of drug-likeness (QED) is 0.600. The highest BCUT2D eigenvalue weighted by atomic mass is 16.2. The normalized spacial score (nSPS) is 21.9. The van der Waals surface area contributed by atoms with Crippen molar-refractivity contribution >= 4 is 23.5 Å². The van der Waals surface area contributed by atoms with Gasteiger partial charge < -0.3 is 4.90 Å². The third-order valence-electron chi connectivity index (χ3n) is 7.66. The Morgan fingerprint density at radius 1 is 0.829 bits per heavy atom. The van der Waals surface area contributed by atoms with Gasteiger partial charge in [0.15, 0.2) is 5.41 Å². The number of imide groups is 2. The molecule has 0 N–H and O–H groups in total. The summed E-state index contributed by atoms with van der Waals surface area (Å²) in [6.45, 7) is 7.50. The number of barbiturate groups is 1. The number of para-hydroxylation sites is 1. The smallest absolute Gasteiger partial charge is 0.333 e. The van der Waals surface area contributed by atoms with Gasteiger partial charge in [-0.05, 0) is 36.5 Å². The lowest BCUT2D eigenvalue weighted by atomic mass is 9.67. The molecule has 2 saturated heterocycles. The lowest BCUT2D eigenvalue weighted by molar-refractivity contribution is -0.162. The lowest BCUT2D eigenvalue weighted by Gasteiger charge is -2.56. The molecule has 0 aromatic heterocycles. The van der Waals surface area contributed by atoms with Crippen molar-refractivity contribution in [3.8, 4) is 0 Å². The van der Waals surface area contributed by atoms with Gasteiger partial charge in [-0.15, -0.1) is 0 Å². The fraction of sp³-hybridized carbons (Fsp3) is 0.464. The summed E-state index contributed by atoms with van der Waals surface area (Å²) < 4.78 is 0. The molecular weight excluding hydrogens is 440 g/mol. The van der Waals surface area contributed by atoms with Crippen LogP contribution in [0, 0.1) is 5.41 Å². The molecule has 3 heterocycles. The summed E-state index contributed by atoms with van der Waals surface area (Å²) in [6, 6.07) is 17.6. The number of carbonyl (C=O) groups excluding carboxylic acids is 3. The molecule has 0 saturated carbocycles. The van der Waals surface area contributed by atoms with Crippen LogP contribution >= 0.6 is 0 Å².